The fourth-order valence-electron chi connectivity index (χ4n) is 1.89. The summed E-state index contributed by atoms with van der Waals surface area (Å²) in [6.45, 7) is 1.20. The lowest BCUT2D eigenvalue weighted by Gasteiger charge is -2.22. The molecule has 1 rings (SSSR count). The number of hydrogen-bond acceptors (Lipinski definition) is 3. The van der Waals surface area contributed by atoms with Gasteiger partial charge < -0.3 is 11.1 Å². The fourth-order valence-corrected chi connectivity index (χ4v) is 1.89. The smallest absolute Gasteiger partial charge is 0.399 e. The van der Waals surface area contributed by atoms with Gasteiger partial charge in [0, 0.05) is 24.3 Å². The molecule has 1 aromatic carbocycles. The predicted molar refractivity (Wildman–Crippen MR) is 76.9 cm³/mol. The van der Waals surface area contributed by atoms with Gasteiger partial charge in [-0.3, -0.25) is 9.69 Å². The number of nitrogen functional groups attached to an aromatic ring is 1. The Bertz CT molecular complexity index is 446. The van der Waals surface area contributed by atoms with Crippen LogP contribution in [-0.4, -0.2) is 36.6 Å². The standard InChI is InChI=1S/C14H20F3N3O/c1-2-8-20(10-14(15,16)17)9-7-13(21)19-12-5-3-11(18)4-6-12/h3-6H,2,7-10,18H2,1H3,(H,19,21). The molecule has 0 saturated carbocycles. The summed E-state index contributed by atoms with van der Waals surface area (Å²) in [6.07, 6.45) is -3.63. The van der Waals surface area contributed by atoms with E-state index < -0.39 is 12.7 Å². The number of alkyl halides is 3. The Balaban J connectivity index is 2.43. The molecule has 118 valence electrons. The van der Waals surface area contributed by atoms with Gasteiger partial charge in [0.2, 0.25) is 5.91 Å². The molecule has 7 heteroatoms. The van der Waals surface area contributed by atoms with E-state index in [-0.39, 0.29) is 18.9 Å². The highest BCUT2D eigenvalue weighted by atomic mass is 19.4. The number of nitrogens with zero attached hydrogens (tertiary/aromatic N) is 1. The fraction of sp³-hybridized carbons (Fsp3) is 0.500. The molecule has 1 aromatic rings. The molecule has 0 heterocycles. The maximum atomic E-state index is 12.4. The SMILES string of the molecule is CCCN(CCC(=O)Nc1ccc(N)cc1)CC(F)(F)F. The lowest BCUT2D eigenvalue weighted by atomic mass is 10.2. The maximum absolute atomic E-state index is 12.4. The van der Waals surface area contributed by atoms with Crippen LogP contribution in [0, 0.1) is 0 Å². The van der Waals surface area contributed by atoms with Crippen molar-refractivity contribution in [3.05, 3.63) is 24.3 Å². The number of rotatable bonds is 7. The Hall–Kier alpha value is -1.76. The van der Waals surface area contributed by atoms with Crippen molar-refractivity contribution in [3.8, 4) is 0 Å². The molecule has 0 aromatic heterocycles. The third-order valence-electron chi connectivity index (χ3n) is 2.79. The second-order valence-corrected chi connectivity index (χ2v) is 4.81. The van der Waals surface area contributed by atoms with Crippen LogP contribution < -0.4 is 11.1 Å². The molecule has 3 N–H and O–H groups in total. The van der Waals surface area contributed by atoms with Gasteiger partial charge in [0.25, 0.3) is 0 Å². The van der Waals surface area contributed by atoms with Crippen LogP contribution in [0.2, 0.25) is 0 Å². The number of nitrogens with one attached hydrogen (secondary N) is 1. The number of carbonyl (C=O) groups excluding carboxylic acids is 1. The van der Waals surface area contributed by atoms with E-state index in [0.29, 0.717) is 24.3 Å². The minimum atomic E-state index is -4.25. The van der Waals surface area contributed by atoms with Crippen molar-refractivity contribution in [3.63, 3.8) is 0 Å². The first kappa shape index (κ1) is 17.3. The predicted octanol–water partition coefficient (Wildman–Crippen LogP) is 2.87. The van der Waals surface area contributed by atoms with Gasteiger partial charge in [-0.1, -0.05) is 6.92 Å². The van der Waals surface area contributed by atoms with Crippen LogP contribution in [0.3, 0.4) is 0 Å². The summed E-state index contributed by atoms with van der Waals surface area (Å²) in [4.78, 5) is 13.0. The molecule has 0 aliphatic rings. The second kappa shape index (κ2) is 7.87. The first-order valence-corrected chi connectivity index (χ1v) is 6.74. The van der Waals surface area contributed by atoms with Gasteiger partial charge in [-0.05, 0) is 37.2 Å². The van der Waals surface area contributed by atoms with Crippen molar-refractivity contribution < 1.29 is 18.0 Å². The monoisotopic (exact) mass is 303 g/mol. The van der Waals surface area contributed by atoms with Crippen LogP contribution >= 0.6 is 0 Å². The molecule has 0 radical (unpaired) electrons. The van der Waals surface area contributed by atoms with Crippen LogP contribution in [0.15, 0.2) is 24.3 Å². The second-order valence-electron chi connectivity index (χ2n) is 4.81. The van der Waals surface area contributed by atoms with Gasteiger partial charge in [0.1, 0.15) is 0 Å². The van der Waals surface area contributed by atoms with Crippen LogP contribution in [-0.2, 0) is 4.79 Å². The quantitative estimate of drug-likeness (QED) is 0.762. The number of anilines is 2. The highest BCUT2D eigenvalue weighted by molar-refractivity contribution is 5.90. The zero-order chi connectivity index (χ0) is 15.9. The Kier molecular flexibility index (Phi) is 6.48. The molecule has 0 atom stereocenters. The summed E-state index contributed by atoms with van der Waals surface area (Å²) in [7, 11) is 0. The average Bonchev–Trinajstić information content (AvgIpc) is 2.37. The number of benzene rings is 1. The van der Waals surface area contributed by atoms with E-state index in [0.717, 1.165) is 0 Å². The van der Waals surface area contributed by atoms with E-state index in [2.05, 4.69) is 5.32 Å². The molecule has 1 amide bonds. The first-order chi connectivity index (χ1) is 9.80. The zero-order valence-electron chi connectivity index (χ0n) is 11.9. The first-order valence-electron chi connectivity index (χ1n) is 6.74. The Morgan fingerprint density at radius 3 is 2.38 bits per heavy atom. The van der Waals surface area contributed by atoms with Crippen LogP contribution in [0.5, 0.6) is 0 Å². The van der Waals surface area contributed by atoms with E-state index >= 15 is 0 Å². The summed E-state index contributed by atoms with van der Waals surface area (Å²) in [5.74, 6) is -0.317. The molecule has 0 aliphatic heterocycles. The van der Waals surface area contributed by atoms with E-state index in [4.69, 9.17) is 5.73 Å². The van der Waals surface area contributed by atoms with Gasteiger partial charge in [-0.25, -0.2) is 0 Å². The van der Waals surface area contributed by atoms with Crippen molar-refractivity contribution >= 4 is 17.3 Å². The van der Waals surface area contributed by atoms with Gasteiger partial charge in [0.15, 0.2) is 0 Å². The third-order valence-corrected chi connectivity index (χ3v) is 2.79. The summed E-state index contributed by atoms with van der Waals surface area (Å²) < 4.78 is 37.2. The van der Waals surface area contributed by atoms with Crippen molar-refractivity contribution in [1.82, 2.24) is 4.90 Å². The minimum Gasteiger partial charge on any atom is -0.399 e. The van der Waals surface area contributed by atoms with Gasteiger partial charge in [0.05, 0.1) is 6.54 Å². The molecule has 0 bridgehead atoms. The summed E-state index contributed by atoms with van der Waals surface area (Å²) in [5, 5.41) is 2.63. The van der Waals surface area contributed by atoms with Crippen LogP contribution in [0.4, 0.5) is 24.5 Å². The van der Waals surface area contributed by atoms with Crippen molar-refractivity contribution in [2.75, 3.05) is 30.7 Å². The third kappa shape index (κ3) is 7.55. The van der Waals surface area contributed by atoms with E-state index in [1.54, 1.807) is 31.2 Å². The number of halogens is 3. The summed E-state index contributed by atoms with van der Waals surface area (Å²) in [6, 6.07) is 6.57. The summed E-state index contributed by atoms with van der Waals surface area (Å²) >= 11 is 0. The number of nitrogens with two attached hydrogens (primary N) is 1. The molecule has 4 nitrogen and oxygen atoms in total. The Labute approximate surface area is 122 Å². The van der Waals surface area contributed by atoms with Crippen molar-refractivity contribution in [1.29, 1.82) is 0 Å². The molecule has 0 fully saturated rings. The number of carbonyl (C=O) groups is 1. The Morgan fingerprint density at radius 2 is 1.86 bits per heavy atom. The zero-order valence-corrected chi connectivity index (χ0v) is 11.9. The highest BCUT2D eigenvalue weighted by Gasteiger charge is 2.30. The molecule has 0 spiro atoms. The molecule has 0 saturated heterocycles. The maximum Gasteiger partial charge on any atom is 0.401 e. The van der Waals surface area contributed by atoms with E-state index in [9.17, 15) is 18.0 Å². The minimum absolute atomic E-state index is 0.0143. The Morgan fingerprint density at radius 1 is 1.24 bits per heavy atom. The highest BCUT2D eigenvalue weighted by Crippen LogP contribution is 2.17. The molecular weight excluding hydrogens is 283 g/mol. The topological polar surface area (TPSA) is 58.4 Å². The largest absolute Gasteiger partial charge is 0.401 e. The van der Waals surface area contributed by atoms with E-state index in [1.807, 2.05) is 0 Å². The van der Waals surface area contributed by atoms with E-state index in [1.165, 1.54) is 4.90 Å². The summed E-state index contributed by atoms with van der Waals surface area (Å²) in [5.41, 5.74) is 6.67. The number of hydrogen-bond donors (Lipinski definition) is 2. The molecule has 0 unspecified atom stereocenters. The van der Waals surface area contributed by atoms with Gasteiger partial charge in [-0.15, -0.1) is 0 Å². The lowest BCUT2D eigenvalue weighted by molar-refractivity contribution is -0.146. The average molecular weight is 303 g/mol. The lowest BCUT2D eigenvalue weighted by Crippen LogP contribution is -2.36. The normalized spacial score (nSPS) is 11.7. The molecular formula is C14H20F3N3O. The van der Waals surface area contributed by atoms with Crippen LogP contribution in [0.25, 0.3) is 0 Å². The van der Waals surface area contributed by atoms with Crippen molar-refractivity contribution in [2.45, 2.75) is 25.9 Å². The van der Waals surface area contributed by atoms with Crippen molar-refractivity contribution in [2.24, 2.45) is 0 Å². The number of amides is 1. The molecule has 0 aliphatic carbocycles. The van der Waals surface area contributed by atoms with Gasteiger partial charge >= 0.3 is 6.18 Å². The molecule has 21 heavy (non-hydrogen) atoms. The van der Waals surface area contributed by atoms with Gasteiger partial charge in [-0.2, -0.15) is 13.2 Å². The van der Waals surface area contributed by atoms with Crippen LogP contribution in [0.1, 0.15) is 19.8 Å².